The first-order chi connectivity index (χ1) is 48.0. The molecule has 12 rings (SSSR count). The Kier molecular flexibility index (Phi) is 25.9. The minimum absolute atomic E-state index is 0.0220. The molecule has 0 bridgehead atoms. The van der Waals surface area contributed by atoms with E-state index in [1.807, 2.05) is 0 Å². The largest absolute Gasteiger partial charge is 0.480 e. The number of aliphatic hydroxyl groups excluding tert-OH is 2. The number of likely N-dealkylation sites (tertiary alicyclic amines) is 3. The summed E-state index contributed by atoms with van der Waals surface area (Å²) in [6.45, 7) is 5.57. The van der Waals surface area contributed by atoms with Crippen molar-refractivity contribution in [2.75, 3.05) is 85.4 Å². The SMILES string of the molecule is CCOC(=O)C1=C(CN2CC(F)C2COCC(=O)O)NC(c2nccs2)=N[C@H]1c1ccc(F)cc1Br.CCOC(=O)C1=C(CN2CC(O)C(F)C2)NC(c2nccs2)=N[C@H]1c1ccc(F)cc1Cl.CCOC(=O)C1=C(CN2C[C@@H](F)[C@@H](O)C2)NC(c2nccs2)=N[C@H]1c1ccc(F)cc1Cl. The number of carboxylic acid groups (broad SMARTS) is 1. The van der Waals surface area contributed by atoms with E-state index in [4.69, 9.17) is 52.2 Å². The molecule has 6 aliphatic rings. The van der Waals surface area contributed by atoms with Gasteiger partial charge in [-0.2, -0.15) is 0 Å². The second-order valence-corrected chi connectivity index (χ2v) is 27.2. The first-order valence-electron chi connectivity index (χ1n) is 31.1. The van der Waals surface area contributed by atoms with Gasteiger partial charge in [-0.05, 0) is 62.7 Å². The molecular weight excluding hydrogens is 1490 g/mol. The predicted octanol–water partition coefficient (Wildman–Crippen LogP) is 8.79. The van der Waals surface area contributed by atoms with Crippen LogP contribution in [0.3, 0.4) is 0 Å². The number of alkyl halides is 3. The maximum absolute atomic E-state index is 14.3. The van der Waals surface area contributed by atoms with Gasteiger partial charge in [-0.1, -0.05) is 57.3 Å². The van der Waals surface area contributed by atoms with Gasteiger partial charge >= 0.3 is 23.9 Å². The normalized spacial score (nSPS) is 23.1. The summed E-state index contributed by atoms with van der Waals surface area (Å²) < 4.78 is 105. The lowest BCUT2D eigenvalue weighted by molar-refractivity contribution is -0.145. The topological polar surface area (TPSA) is 287 Å². The van der Waals surface area contributed by atoms with Crippen LogP contribution in [0.4, 0.5) is 26.3 Å². The molecule has 6 aliphatic heterocycles. The smallest absolute Gasteiger partial charge is 0.338 e. The molecule has 6 N–H and O–H groups in total. The number of benzene rings is 3. The van der Waals surface area contributed by atoms with Crippen LogP contribution in [0.2, 0.25) is 10.0 Å². The van der Waals surface area contributed by atoms with Crippen molar-refractivity contribution in [2.24, 2.45) is 15.0 Å². The van der Waals surface area contributed by atoms with Crippen molar-refractivity contribution in [1.82, 2.24) is 45.6 Å². The number of ether oxygens (including phenoxy) is 4. The Morgan fingerprint density at radius 3 is 1.27 bits per heavy atom. The third kappa shape index (κ3) is 18.2. The molecule has 9 heterocycles. The number of amidine groups is 3. The van der Waals surface area contributed by atoms with E-state index in [0.29, 0.717) is 70.8 Å². The van der Waals surface area contributed by atoms with Gasteiger partial charge in [-0.15, -0.1) is 34.0 Å². The molecular formula is C65H65BrCl2F6N12O11S3. The van der Waals surface area contributed by atoms with E-state index >= 15 is 0 Å². The summed E-state index contributed by atoms with van der Waals surface area (Å²) in [6.07, 6.45) is -1.28. The molecule has 3 saturated heterocycles. The minimum Gasteiger partial charge on any atom is -0.480 e. The van der Waals surface area contributed by atoms with Crippen LogP contribution >= 0.6 is 73.1 Å². The van der Waals surface area contributed by atoms with Crippen LogP contribution in [-0.2, 0) is 38.1 Å². The number of halogens is 9. The van der Waals surface area contributed by atoms with Gasteiger partial charge in [0, 0.05) is 130 Å². The summed E-state index contributed by atoms with van der Waals surface area (Å²) in [5, 5.41) is 45.2. The van der Waals surface area contributed by atoms with Gasteiger partial charge in [-0.3, -0.25) is 29.7 Å². The molecule has 100 heavy (non-hydrogen) atoms. The van der Waals surface area contributed by atoms with Gasteiger partial charge in [0.15, 0.2) is 32.5 Å². The molecule has 4 unspecified atom stereocenters. The number of aliphatic carboxylic acids is 1. The average Bonchev–Trinajstić information content (AvgIpc) is 1.33. The number of aromatic nitrogens is 3. The maximum atomic E-state index is 14.3. The summed E-state index contributed by atoms with van der Waals surface area (Å²) >= 11 is 20.1. The van der Waals surface area contributed by atoms with Crippen molar-refractivity contribution in [3.8, 4) is 0 Å². The van der Waals surface area contributed by atoms with Gasteiger partial charge in [-0.25, -0.2) is 60.5 Å². The summed E-state index contributed by atoms with van der Waals surface area (Å²) in [6, 6.07) is 8.57. The fourth-order valence-corrected chi connectivity index (χ4v) is 14.4. The molecule has 0 radical (unpaired) electrons. The predicted molar refractivity (Wildman–Crippen MR) is 365 cm³/mol. The number of carboxylic acids is 1. The molecule has 532 valence electrons. The zero-order valence-corrected chi connectivity index (χ0v) is 58.9. The van der Waals surface area contributed by atoms with Crippen molar-refractivity contribution < 1.29 is 79.8 Å². The Morgan fingerprint density at radius 2 is 0.940 bits per heavy atom. The third-order valence-electron chi connectivity index (χ3n) is 16.1. The molecule has 35 heteroatoms. The van der Waals surface area contributed by atoms with Crippen molar-refractivity contribution in [3.05, 3.63) is 187 Å². The number of rotatable bonds is 22. The summed E-state index contributed by atoms with van der Waals surface area (Å²) in [5.74, 6) is -3.24. The number of nitrogens with one attached hydrogen (secondary N) is 3. The molecule has 0 amide bonds. The number of esters is 3. The molecule has 3 aromatic carbocycles. The van der Waals surface area contributed by atoms with Crippen LogP contribution in [0.25, 0.3) is 0 Å². The van der Waals surface area contributed by atoms with Crippen LogP contribution in [-0.4, -0.2) is 209 Å². The highest BCUT2D eigenvalue weighted by atomic mass is 79.9. The first kappa shape index (κ1) is 75.1. The second kappa shape index (κ2) is 34.4. The van der Waals surface area contributed by atoms with Gasteiger partial charge < -0.3 is 50.2 Å². The van der Waals surface area contributed by atoms with Crippen molar-refractivity contribution >= 4 is 115 Å². The lowest BCUT2D eigenvalue weighted by atomic mass is 9.94. The Hall–Kier alpha value is -7.54. The second-order valence-electron chi connectivity index (χ2n) is 22.8. The molecule has 0 saturated carbocycles. The van der Waals surface area contributed by atoms with E-state index in [0.717, 1.165) is 12.1 Å². The number of hydrogen-bond donors (Lipinski definition) is 6. The molecule has 0 aliphatic carbocycles. The van der Waals surface area contributed by atoms with E-state index in [1.54, 1.807) is 76.3 Å². The standard InChI is InChI=1S/C23H23BrF2N4O5S.2C21H21ClF2N4O3S/c1-2-35-23(33)19-16(9-30-8-15(26)17(30)10-34-11-18(31)32)28-21(22-27-5-6-36-22)29-20(19)13-4-3-12(25)7-14(13)24;2*1-2-31-21(30)17-15(9-28-8-14(24)16(29)10-28)26-19(20-25-5-6-32-20)27-18(17)12-4-3-11(23)7-13(12)22/h3-7,15,17,20H,2,8-11H2,1H3,(H,28,29)(H,31,32);2*3-7,14,16,18,29H,2,8-10H2,1H3,(H,26,27)/t15?,17?,20-;14?,16?,18-;14-,16+,18+/m001/s1. The summed E-state index contributed by atoms with van der Waals surface area (Å²) in [5.41, 5.74) is 3.30. The van der Waals surface area contributed by atoms with E-state index in [9.17, 15) is 55.7 Å². The number of carbonyl (C=O) groups is 4. The number of β-amino-alcohol motifs (C(OH)–C–C–N with tert-alkyl or cyclic N) is 2. The fraction of sp³-hybridized carbons (Fsp3) is 0.385. The Bertz CT molecular complexity index is 3960. The molecule has 9 atom stereocenters. The average molecular weight is 1550 g/mol. The fourth-order valence-electron chi connectivity index (χ4n) is 11.5. The zero-order chi connectivity index (χ0) is 71.5. The van der Waals surface area contributed by atoms with Crippen molar-refractivity contribution in [2.45, 2.75) is 75.7 Å². The molecule has 3 aromatic heterocycles. The van der Waals surface area contributed by atoms with E-state index < -0.39 is 103 Å². The Balaban J connectivity index is 0.000000162. The lowest BCUT2D eigenvalue weighted by Crippen LogP contribution is -2.61. The van der Waals surface area contributed by atoms with Crippen molar-refractivity contribution in [3.63, 3.8) is 0 Å². The summed E-state index contributed by atoms with van der Waals surface area (Å²) in [4.78, 5) is 82.0. The highest BCUT2D eigenvalue weighted by molar-refractivity contribution is 9.10. The lowest BCUT2D eigenvalue weighted by Gasteiger charge is -2.44. The van der Waals surface area contributed by atoms with Crippen molar-refractivity contribution in [1.29, 1.82) is 0 Å². The van der Waals surface area contributed by atoms with Gasteiger partial charge in [0.2, 0.25) is 0 Å². The van der Waals surface area contributed by atoms with E-state index in [2.05, 4.69) is 56.8 Å². The van der Waals surface area contributed by atoms with Crippen LogP contribution in [0.5, 0.6) is 0 Å². The molecule has 6 aromatic rings. The van der Waals surface area contributed by atoms with Gasteiger partial charge in [0.1, 0.15) is 60.7 Å². The summed E-state index contributed by atoms with van der Waals surface area (Å²) in [7, 11) is 0. The number of aliphatic hydroxyl groups is 2. The molecule has 3 fully saturated rings. The third-order valence-corrected chi connectivity index (χ3v) is 19.7. The highest BCUT2D eigenvalue weighted by Crippen LogP contribution is 2.41. The Morgan fingerprint density at radius 1 is 0.560 bits per heavy atom. The number of aliphatic imine (C=N–C) groups is 3. The molecule has 0 spiro atoms. The highest BCUT2D eigenvalue weighted by Gasteiger charge is 2.44. The zero-order valence-electron chi connectivity index (χ0n) is 53.3. The minimum atomic E-state index is -1.38. The first-order valence-corrected chi connectivity index (χ1v) is 35.3. The quantitative estimate of drug-likeness (QED) is 0.0210. The number of thiazole rings is 3. The monoisotopic (exact) mass is 1550 g/mol. The van der Waals surface area contributed by atoms with Crippen LogP contribution in [0.15, 0.2) is 143 Å². The Labute approximate surface area is 599 Å². The number of carbonyl (C=O) groups excluding carboxylic acids is 3. The van der Waals surface area contributed by atoms with E-state index in [-0.39, 0.29) is 106 Å². The number of hydrogen-bond acceptors (Lipinski definition) is 25. The van der Waals surface area contributed by atoms with Gasteiger partial charge in [0.05, 0.1) is 61.4 Å². The van der Waals surface area contributed by atoms with E-state index in [1.165, 1.54) is 70.4 Å². The maximum Gasteiger partial charge on any atom is 0.338 e. The molecule has 23 nitrogen and oxygen atoms in total. The van der Waals surface area contributed by atoms with Crippen LogP contribution < -0.4 is 16.0 Å². The number of nitrogens with zero attached hydrogens (tertiary/aromatic N) is 9. The van der Waals surface area contributed by atoms with Gasteiger partial charge in [0.25, 0.3) is 0 Å². The van der Waals surface area contributed by atoms with Crippen LogP contribution in [0, 0.1) is 17.5 Å². The van der Waals surface area contributed by atoms with Crippen LogP contribution in [0.1, 0.15) is 70.6 Å².